The van der Waals surface area contributed by atoms with Gasteiger partial charge in [0.15, 0.2) is 0 Å². The Morgan fingerprint density at radius 1 is 1.17 bits per heavy atom. The Balaban J connectivity index is 2.21. The van der Waals surface area contributed by atoms with E-state index in [9.17, 15) is 14.4 Å². The molecule has 0 radical (unpaired) electrons. The fourth-order valence-corrected chi connectivity index (χ4v) is 4.48. The summed E-state index contributed by atoms with van der Waals surface area (Å²) in [6.45, 7) is 13.8. The second kappa shape index (κ2) is 10.6. The quantitative estimate of drug-likeness (QED) is 0.483. The molecule has 1 fully saturated rings. The van der Waals surface area contributed by atoms with Crippen LogP contribution in [0.15, 0.2) is 29.2 Å². The lowest BCUT2D eigenvalue weighted by molar-refractivity contribution is -0.115. The summed E-state index contributed by atoms with van der Waals surface area (Å²) in [4.78, 5) is 41.8. The number of carbonyl (C=O) groups excluding carboxylic acids is 3. The number of nitrogens with one attached hydrogen (secondary N) is 2. The third-order valence-electron chi connectivity index (χ3n) is 5.28. The summed E-state index contributed by atoms with van der Waals surface area (Å²) in [5.74, 6) is -0.0834. The van der Waals surface area contributed by atoms with Crippen LogP contribution in [0.4, 0.5) is 9.59 Å². The zero-order valence-electron chi connectivity index (χ0n) is 21.4. The molecule has 0 saturated carbocycles. The van der Waals surface area contributed by atoms with E-state index in [1.165, 1.54) is 0 Å². The zero-order chi connectivity index (χ0) is 25.9. The van der Waals surface area contributed by atoms with Gasteiger partial charge in [-0.05, 0) is 75.9 Å². The van der Waals surface area contributed by atoms with Gasteiger partial charge in [-0.1, -0.05) is 43.7 Å². The molecule has 3 amide bonds. The van der Waals surface area contributed by atoms with Crippen LogP contribution in [0.1, 0.15) is 62.7 Å². The number of rotatable bonds is 6. The summed E-state index contributed by atoms with van der Waals surface area (Å²) in [6, 6.07) is 8.09. The molecule has 2 aromatic rings. The third-order valence-corrected chi connectivity index (χ3v) is 6.09. The second-order valence-corrected chi connectivity index (χ2v) is 11.1. The van der Waals surface area contributed by atoms with E-state index in [0.717, 1.165) is 57.4 Å². The van der Waals surface area contributed by atoms with Crippen molar-refractivity contribution in [2.24, 2.45) is 5.92 Å². The first-order chi connectivity index (χ1) is 16.3. The van der Waals surface area contributed by atoms with Gasteiger partial charge in [0.05, 0.1) is 4.91 Å². The van der Waals surface area contributed by atoms with Gasteiger partial charge >= 0.3 is 6.09 Å². The average Bonchev–Trinajstić information content (AvgIpc) is 3.04. The molecule has 186 valence electrons. The Kier molecular flexibility index (Phi) is 8.05. The van der Waals surface area contributed by atoms with Crippen molar-refractivity contribution >= 4 is 35.1 Å². The minimum atomic E-state index is -0.620. The van der Waals surface area contributed by atoms with Crippen LogP contribution in [0.25, 0.3) is 17.2 Å². The highest BCUT2D eigenvalue weighted by molar-refractivity contribution is 8.18. The third kappa shape index (κ3) is 6.94. The highest BCUT2D eigenvalue weighted by Crippen LogP contribution is 2.36. The lowest BCUT2D eigenvalue weighted by atomic mass is 9.89. The molecule has 2 N–H and O–H groups in total. The molecule has 1 aliphatic rings. The van der Waals surface area contributed by atoms with Crippen LogP contribution in [0.3, 0.4) is 0 Å². The number of imide groups is 1. The smallest absolute Gasteiger partial charge is 0.407 e. The van der Waals surface area contributed by atoms with E-state index in [0.29, 0.717) is 10.8 Å². The molecule has 1 aromatic carbocycles. The van der Waals surface area contributed by atoms with Gasteiger partial charge in [0.25, 0.3) is 11.1 Å². The largest absolute Gasteiger partial charge is 0.444 e. The highest BCUT2D eigenvalue weighted by Gasteiger charge is 2.27. The molecule has 1 aromatic heterocycles. The molecule has 0 aliphatic carbocycles. The van der Waals surface area contributed by atoms with Crippen LogP contribution in [0, 0.1) is 19.8 Å². The predicted octanol–water partition coefficient (Wildman–Crippen LogP) is 5.91. The topological polar surface area (TPSA) is 97.4 Å². The Morgan fingerprint density at radius 2 is 1.83 bits per heavy atom. The van der Waals surface area contributed by atoms with Crippen LogP contribution in [0.2, 0.25) is 0 Å². The van der Waals surface area contributed by atoms with Crippen molar-refractivity contribution in [3.63, 3.8) is 0 Å². The number of ether oxygens (including phenoxy) is 1. The van der Waals surface area contributed by atoms with Gasteiger partial charge in [-0.3, -0.25) is 19.9 Å². The number of alkyl carbamates (subject to hydrolysis) is 1. The predicted molar refractivity (Wildman–Crippen MR) is 140 cm³/mol. The summed E-state index contributed by atoms with van der Waals surface area (Å²) in [5.41, 5.74) is 5.55. The molecular weight excluding hydrogens is 462 g/mol. The monoisotopic (exact) mass is 495 g/mol. The van der Waals surface area contributed by atoms with Crippen LogP contribution >= 0.6 is 11.8 Å². The van der Waals surface area contributed by atoms with Crippen LogP contribution in [0.5, 0.6) is 0 Å². The fourth-order valence-electron chi connectivity index (χ4n) is 3.82. The molecule has 0 bridgehead atoms. The molecule has 0 spiro atoms. The van der Waals surface area contributed by atoms with Crippen molar-refractivity contribution in [1.82, 2.24) is 15.6 Å². The summed E-state index contributed by atoms with van der Waals surface area (Å²) >= 11 is 0.873. The van der Waals surface area contributed by atoms with E-state index >= 15 is 0 Å². The first kappa shape index (κ1) is 26.5. The Hall–Kier alpha value is -3.13. The maximum atomic E-state index is 12.5. The minimum Gasteiger partial charge on any atom is -0.444 e. The summed E-state index contributed by atoms with van der Waals surface area (Å²) in [6.07, 6.45) is 1.92. The molecule has 35 heavy (non-hydrogen) atoms. The first-order valence-electron chi connectivity index (χ1n) is 11.6. The van der Waals surface area contributed by atoms with Crippen LogP contribution in [-0.2, 0) is 22.5 Å². The van der Waals surface area contributed by atoms with Crippen molar-refractivity contribution < 1.29 is 19.1 Å². The maximum Gasteiger partial charge on any atom is 0.407 e. The zero-order valence-corrected chi connectivity index (χ0v) is 22.2. The Morgan fingerprint density at radius 3 is 2.37 bits per heavy atom. The number of aromatic nitrogens is 1. The molecule has 7 nitrogen and oxygen atoms in total. The number of benzene rings is 1. The molecule has 1 aliphatic heterocycles. The fraction of sp³-hybridized carbons (Fsp3) is 0.407. The van der Waals surface area contributed by atoms with E-state index in [1.807, 2.05) is 58.9 Å². The maximum absolute atomic E-state index is 12.5. The van der Waals surface area contributed by atoms with Gasteiger partial charge in [0, 0.05) is 29.1 Å². The Labute approximate surface area is 211 Å². The molecular formula is C27H33N3O4S. The van der Waals surface area contributed by atoms with Crippen molar-refractivity contribution in [1.29, 1.82) is 0 Å². The minimum absolute atomic E-state index is 0.210. The summed E-state index contributed by atoms with van der Waals surface area (Å²) in [7, 11) is 0. The highest BCUT2D eigenvalue weighted by atomic mass is 32.2. The summed E-state index contributed by atoms with van der Waals surface area (Å²) in [5, 5.41) is 4.80. The van der Waals surface area contributed by atoms with Crippen LogP contribution in [-0.4, -0.2) is 27.8 Å². The number of hydrogen-bond donors (Lipinski definition) is 2. The molecule has 1 saturated heterocycles. The van der Waals surface area contributed by atoms with Gasteiger partial charge in [0.1, 0.15) is 5.60 Å². The molecule has 8 heteroatoms. The van der Waals surface area contributed by atoms with Gasteiger partial charge in [0.2, 0.25) is 0 Å². The summed E-state index contributed by atoms with van der Waals surface area (Å²) < 4.78 is 5.45. The van der Waals surface area contributed by atoms with E-state index in [1.54, 1.807) is 6.08 Å². The number of carbonyl (C=O) groups is 3. The van der Waals surface area contributed by atoms with Crippen molar-refractivity contribution in [3.05, 3.63) is 57.2 Å². The number of thioether (sulfide) groups is 1. The standard InChI is InChI=1S/C27H33N3O4S/c1-15(2)12-21-20(14-28-25(32)34-27(5,6)7)23(18-10-8-16(3)9-11-18)19(17(4)29-21)13-22-24(31)30-26(33)35-22/h8-11,13,15H,12,14H2,1-7H3,(H,28,32)(H,30,31,33). The number of hydrogen-bond acceptors (Lipinski definition) is 6. The SMILES string of the molecule is Cc1ccc(-c2c(C=C3SC(=O)NC3=O)c(C)nc(CC(C)C)c2CNC(=O)OC(C)(C)C)cc1. The number of nitrogens with zero attached hydrogens (tertiary/aromatic N) is 1. The lowest BCUT2D eigenvalue weighted by Gasteiger charge is -2.23. The molecule has 0 unspecified atom stereocenters. The van der Waals surface area contributed by atoms with Crippen molar-refractivity contribution in [3.8, 4) is 11.1 Å². The lowest BCUT2D eigenvalue weighted by Crippen LogP contribution is -2.32. The Bertz CT molecular complexity index is 1180. The van der Waals surface area contributed by atoms with Gasteiger partial charge in [-0.2, -0.15) is 0 Å². The van der Waals surface area contributed by atoms with E-state index in [4.69, 9.17) is 9.72 Å². The van der Waals surface area contributed by atoms with E-state index < -0.39 is 22.8 Å². The second-order valence-electron chi connectivity index (χ2n) is 10.1. The van der Waals surface area contributed by atoms with Gasteiger partial charge in [-0.15, -0.1) is 0 Å². The number of amides is 3. The molecule has 2 heterocycles. The number of aryl methyl sites for hydroxylation is 2. The number of pyridine rings is 1. The van der Waals surface area contributed by atoms with E-state index in [-0.39, 0.29) is 6.54 Å². The van der Waals surface area contributed by atoms with Gasteiger partial charge < -0.3 is 10.1 Å². The molecule has 3 rings (SSSR count). The molecule has 0 atom stereocenters. The normalized spacial score (nSPS) is 15.0. The average molecular weight is 496 g/mol. The van der Waals surface area contributed by atoms with Gasteiger partial charge in [-0.25, -0.2) is 4.79 Å². The van der Waals surface area contributed by atoms with Crippen molar-refractivity contribution in [2.45, 2.75) is 67.0 Å². The first-order valence-corrected chi connectivity index (χ1v) is 12.5. The van der Waals surface area contributed by atoms with E-state index in [2.05, 4.69) is 24.5 Å². The van der Waals surface area contributed by atoms with Crippen LogP contribution < -0.4 is 10.6 Å². The van der Waals surface area contributed by atoms with Crippen molar-refractivity contribution in [2.75, 3.05) is 0 Å².